The van der Waals surface area contributed by atoms with E-state index in [1.807, 2.05) is 13.0 Å². The van der Waals surface area contributed by atoms with Crippen LogP contribution < -0.4 is 5.73 Å². The summed E-state index contributed by atoms with van der Waals surface area (Å²) in [6.45, 7) is 1.94. The molecule has 0 bridgehead atoms. The molecule has 1 nitrogen and oxygen atoms in total. The minimum absolute atomic E-state index is 0.781. The van der Waals surface area contributed by atoms with Crippen molar-refractivity contribution < 1.29 is 0 Å². The van der Waals surface area contributed by atoms with E-state index in [0.717, 1.165) is 11.3 Å². The third-order valence-corrected chi connectivity index (χ3v) is 1.06. The van der Waals surface area contributed by atoms with Crippen molar-refractivity contribution in [3.05, 3.63) is 29.8 Å². The van der Waals surface area contributed by atoms with E-state index in [1.54, 1.807) is 6.07 Å². The first-order valence-corrected chi connectivity index (χ1v) is 2.44. The van der Waals surface area contributed by atoms with E-state index in [4.69, 9.17) is 5.73 Å². The smallest absolute Gasteiger partial charge is 0.0435 e. The first-order chi connectivity index (χ1) is 3.80. The molecule has 1 heteroatoms. The van der Waals surface area contributed by atoms with E-state index >= 15 is 0 Å². The number of hydrogen-bond donors (Lipinski definition) is 1. The van der Waals surface area contributed by atoms with Crippen molar-refractivity contribution in [1.29, 1.82) is 0 Å². The Morgan fingerprint density at radius 1 is 1.38 bits per heavy atom. The van der Waals surface area contributed by atoms with Gasteiger partial charge in [-0.2, -0.15) is 0 Å². The van der Waals surface area contributed by atoms with Gasteiger partial charge >= 0.3 is 0 Å². The van der Waals surface area contributed by atoms with Crippen LogP contribution in [0.25, 0.3) is 0 Å². The van der Waals surface area contributed by atoms with Crippen LogP contribution >= 0.6 is 0 Å². The van der Waals surface area contributed by atoms with Gasteiger partial charge in [-0.05, 0) is 18.6 Å². The second kappa shape index (κ2) is 1.75. The largest absolute Gasteiger partial charge is 0.398 e. The summed E-state index contributed by atoms with van der Waals surface area (Å²) in [5, 5.41) is 0. The zero-order valence-electron chi connectivity index (χ0n) is 4.73. The Kier molecular flexibility index (Phi) is 1.09. The van der Waals surface area contributed by atoms with Crippen LogP contribution in [0.15, 0.2) is 12.1 Å². The highest BCUT2D eigenvalue weighted by atomic mass is 14.5. The first-order valence-electron chi connectivity index (χ1n) is 2.44. The molecular weight excluding hydrogens is 98.1 g/mol. The van der Waals surface area contributed by atoms with Gasteiger partial charge in [0.05, 0.1) is 0 Å². The molecule has 0 atom stereocenters. The van der Waals surface area contributed by atoms with Gasteiger partial charge in [0.1, 0.15) is 0 Å². The minimum Gasteiger partial charge on any atom is -0.398 e. The van der Waals surface area contributed by atoms with E-state index in [-0.39, 0.29) is 0 Å². The number of anilines is 1. The summed E-state index contributed by atoms with van der Waals surface area (Å²) in [4.78, 5) is 0. The lowest BCUT2D eigenvalue weighted by Gasteiger charge is -1.89. The Hall–Kier alpha value is -1.16. The summed E-state index contributed by atoms with van der Waals surface area (Å²) in [5.41, 5.74) is 7.31. The number of nitrogens with two attached hydrogens (primary N) is 1. The van der Waals surface area contributed by atoms with Crippen molar-refractivity contribution in [2.24, 2.45) is 0 Å². The maximum Gasteiger partial charge on any atom is 0.0435 e. The minimum atomic E-state index is 0.781. The van der Waals surface area contributed by atoms with Crippen molar-refractivity contribution in [2.75, 3.05) is 5.73 Å². The molecule has 0 amide bonds. The zero-order valence-corrected chi connectivity index (χ0v) is 4.73. The fraction of sp³-hybridized carbons (Fsp3) is 0.143. The van der Waals surface area contributed by atoms with E-state index in [1.165, 1.54) is 0 Å². The van der Waals surface area contributed by atoms with Crippen LogP contribution in [0.5, 0.6) is 0 Å². The lowest BCUT2D eigenvalue weighted by atomic mass is 10.2. The molecule has 0 aliphatic heterocycles. The lowest BCUT2D eigenvalue weighted by Crippen LogP contribution is -1.85. The Labute approximate surface area is 49.1 Å². The number of hydrogen-bond acceptors (Lipinski definition) is 1. The maximum atomic E-state index is 5.47. The van der Waals surface area contributed by atoms with Gasteiger partial charge in [0, 0.05) is 11.8 Å². The molecule has 0 heterocycles. The SMILES string of the molecule is Cc1cc#ccc1N. The number of aryl methyl sites for hydroxylation is 1. The van der Waals surface area contributed by atoms with E-state index < -0.39 is 0 Å². The van der Waals surface area contributed by atoms with Crippen LogP contribution in [0.2, 0.25) is 0 Å². The van der Waals surface area contributed by atoms with Crippen molar-refractivity contribution in [3.8, 4) is 0 Å². The maximum absolute atomic E-state index is 5.47. The van der Waals surface area contributed by atoms with Gasteiger partial charge in [-0.15, -0.1) is 0 Å². The van der Waals surface area contributed by atoms with Gasteiger partial charge in [-0.3, -0.25) is 0 Å². The average molecular weight is 105 g/mol. The Morgan fingerprint density at radius 2 is 2.00 bits per heavy atom. The fourth-order valence-corrected chi connectivity index (χ4v) is 0.467. The third-order valence-electron chi connectivity index (χ3n) is 1.06. The van der Waals surface area contributed by atoms with Crippen LogP contribution in [0.3, 0.4) is 0 Å². The average Bonchev–Trinajstić information content (AvgIpc) is 1.77. The fourth-order valence-electron chi connectivity index (χ4n) is 0.467. The Morgan fingerprint density at radius 3 is 2.38 bits per heavy atom. The first kappa shape index (κ1) is 4.99. The van der Waals surface area contributed by atoms with Crippen molar-refractivity contribution in [2.45, 2.75) is 6.92 Å². The highest BCUT2D eigenvalue weighted by molar-refractivity contribution is 5.42. The summed E-state index contributed by atoms with van der Waals surface area (Å²) >= 11 is 0. The predicted molar refractivity (Wildman–Crippen MR) is 33.3 cm³/mol. The molecule has 0 radical (unpaired) electrons. The molecule has 0 unspecified atom stereocenters. The highest BCUT2D eigenvalue weighted by Crippen LogP contribution is 2.03. The molecule has 0 saturated heterocycles. The zero-order chi connectivity index (χ0) is 5.98. The summed E-state index contributed by atoms with van der Waals surface area (Å²) in [5.74, 6) is 0. The summed E-state index contributed by atoms with van der Waals surface area (Å²) < 4.78 is 0. The van der Waals surface area contributed by atoms with Gasteiger partial charge in [-0.1, -0.05) is 12.1 Å². The third kappa shape index (κ3) is 0.737. The van der Waals surface area contributed by atoms with E-state index in [9.17, 15) is 0 Å². The lowest BCUT2D eigenvalue weighted by molar-refractivity contribution is 1.48. The van der Waals surface area contributed by atoms with Crippen LogP contribution in [-0.4, -0.2) is 0 Å². The van der Waals surface area contributed by atoms with Crippen molar-refractivity contribution >= 4 is 5.69 Å². The molecule has 40 valence electrons. The second-order valence-electron chi connectivity index (χ2n) is 1.72. The molecule has 1 aromatic carbocycles. The van der Waals surface area contributed by atoms with Crippen LogP contribution in [0, 0.1) is 19.1 Å². The van der Waals surface area contributed by atoms with Crippen LogP contribution in [0.4, 0.5) is 5.69 Å². The number of rotatable bonds is 0. The standard InChI is InChI=1S/C7H7N/c1-6-4-2-3-5-7(6)8/h4-5H,8H2,1H3. The summed E-state index contributed by atoms with van der Waals surface area (Å²) in [7, 11) is 0. The molecule has 0 aliphatic carbocycles. The number of nitrogen functional groups attached to an aromatic ring is 1. The topological polar surface area (TPSA) is 26.0 Å². The molecule has 1 rings (SSSR count). The summed E-state index contributed by atoms with van der Waals surface area (Å²) in [6, 6.07) is 9.08. The Balaban J connectivity index is 3.13. The van der Waals surface area contributed by atoms with Gasteiger partial charge in [0.15, 0.2) is 0 Å². The van der Waals surface area contributed by atoms with Crippen LogP contribution in [-0.2, 0) is 0 Å². The van der Waals surface area contributed by atoms with E-state index in [0.29, 0.717) is 0 Å². The van der Waals surface area contributed by atoms with Gasteiger partial charge in [0.2, 0.25) is 0 Å². The highest BCUT2D eigenvalue weighted by Gasteiger charge is 1.83. The molecule has 8 heavy (non-hydrogen) atoms. The molecule has 0 fully saturated rings. The van der Waals surface area contributed by atoms with Crippen molar-refractivity contribution in [1.82, 2.24) is 0 Å². The monoisotopic (exact) mass is 105 g/mol. The Bertz CT molecular complexity index is 160. The van der Waals surface area contributed by atoms with Gasteiger partial charge in [0.25, 0.3) is 0 Å². The molecule has 0 aromatic heterocycles. The predicted octanol–water partition coefficient (Wildman–Crippen LogP) is 1.18. The molecule has 0 saturated carbocycles. The van der Waals surface area contributed by atoms with Gasteiger partial charge < -0.3 is 5.73 Å². The molecule has 2 N–H and O–H groups in total. The quantitative estimate of drug-likeness (QED) is 0.526. The second-order valence-corrected chi connectivity index (χ2v) is 1.72. The van der Waals surface area contributed by atoms with Gasteiger partial charge in [-0.25, -0.2) is 0 Å². The molecule has 1 aromatic rings. The van der Waals surface area contributed by atoms with E-state index in [2.05, 4.69) is 12.1 Å². The van der Waals surface area contributed by atoms with Crippen molar-refractivity contribution in [3.63, 3.8) is 0 Å². The molecular formula is C7H7N. The normalized spacial score (nSPS) is 8.12. The van der Waals surface area contributed by atoms with Crippen LogP contribution in [0.1, 0.15) is 5.56 Å². The molecule has 0 spiro atoms. The molecule has 0 aliphatic rings. The summed E-state index contributed by atoms with van der Waals surface area (Å²) in [6.07, 6.45) is 0.